The molecule has 0 aromatic heterocycles. The van der Waals surface area contributed by atoms with E-state index in [-0.39, 0.29) is 6.03 Å². The third kappa shape index (κ3) is 6.47. The van der Waals surface area contributed by atoms with Crippen molar-refractivity contribution in [3.05, 3.63) is 60.2 Å². The van der Waals surface area contributed by atoms with E-state index in [0.29, 0.717) is 19.7 Å². The van der Waals surface area contributed by atoms with Crippen LogP contribution in [0.4, 0.5) is 4.79 Å². The quantitative estimate of drug-likeness (QED) is 0.684. The van der Waals surface area contributed by atoms with Crippen LogP contribution in [0.5, 0.6) is 11.5 Å². The SMILES string of the molecule is O=C(NCCOCC1CC1)NCc1ccc(Oc2ccccc2)cc1. The topological polar surface area (TPSA) is 59.6 Å². The maximum Gasteiger partial charge on any atom is 0.315 e. The van der Waals surface area contributed by atoms with Gasteiger partial charge in [-0.05, 0) is 48.6 Å². The lowest BCUT2D eigenvalue weighted by Crippen LogP contribution is -2.36. The van der Waals surface area contributed by atoms with Gasteiger partial charge in [-0.25, -0.2) is 4.79 Å². The van der Waals surface area contributed by atoms with Gasteiger partial charge >= 0.3 is 6.03 Å². The number of rotatable bonds is 9. The van der Waals surface area contributed by atoms with Crippen LogP contribution in [0.15, 0.2) is 54.6 Å². The predicted molar refractivity (Wildman–Crippen MR) is 96.7 cm³/mol. The zero-order valence-corrected chi connectivity index (χ0v) is 14.2. The third-order valence-electron chi connectivity index (χ3n) is 3.94. The van der Waals surface area contributed by atoms with Gasteiger partial charge in [-0.1, -0.05) is 30.3 Å². The molecule has 1 fully saturated rings. The van der Waals surface area contributed by atoms with E-state index in [0.717, 1.165) is 29.6 Å². The van der Waals surface area contributed by atoms with Crippen molar-refractivity contribution in [3.63, 3.8) is 0 Å². The smallest absolute Gasteiger partial charge is 0.315 e. The second-order valence-electron chi connectivity index (χ2n) is 6.19. The lowest BCUT2D eigenvalue weighted by Gasteiger charge is -2.09. The highest BCUT2D eigenvalue weighted by atomic mass is 16.5. The Kier molecular flexibility index (Phi) is 6.29. The summed E-state index contributed by atoms with van der Waals surface area (Å²) in [5.74, 6) is 2.33. The molecule has 1 saturated carbocycles. The van der Waals surface area contributed by atoms with E-state index < -0.39 is 0 Å². The number of para-hydroxylation sites is 1. The Labute approximate surface area is 148 Å². The summed E-state index contributed by atoms with van der Waals surface area (Å²) in [4.78, 5) is 11.7. The lowest BCUT2D eigenvalue weighted by atomic mass is 10.2. The molecule has 5 heteroatoms. The van der Waals surface area contributed by atoms with E-state index >= 15 is 0 Å². The van der Waals surface area contributed by atoms with Gasteiger partial charge in [0.25, 0.3) is 0 Å². The van der Waals surface area contributed by atoms with Crippen LogP contribution >= 0.6 is 0 Å². The lowest BCUT2D eigenvalue weighted by molar-refractivity contribution is 0.127. The van der Waals surface area contributed by atoms with Crippen molar-refractivity contribution < 1.29 is 14.3 Å². The van der Waals surface area contributed by atoms with Crippen LogP contribution in [0.25, 0.3) is 0 Å². The molecule has 0 saturated heterocycles. The summed E-state index contributed by atoms with van der Waals surface area (Å²) < 4.78 is 11.2. The van der Waals surface area contributed by atoms with Gasteiger partial charge in [0.15, 0.2) is 0 Å². The zero-order chi connectivity index (χ0) is 17.3. The molecule has 0 unspecified atom stereocenters. The molecule has 0 heterocycles. The highest BCUT2D eigenvalue weighted by Gasteiger charge is 2.20. The van der Waals surface area contributed by atoms with Crippen molar-refractivity contribution in [2.24, 2.45) is 5.92 Å². The minimum atomic E-state index is -0.181. The predicted octanol–water partition coefficient (Wildman–Crippen LogP) is 3.70. The second-order valence-corrected chi connectivity index (χ2v) is 6.19. The van der Waals surface area contributed by atoms with Gasteiger partial charge in [-0.3, -0.25) is 0 Å². The molecule has 2 amide bonds. The number of carbonyl (C=O) groups excluding carboxylic acids is 1. The van der Waals surface area contributed by atoms with Crippen LogP contribution in [0.2, 0.25) is 0 Å². The number of hydrogen-bond acceptors (Lipinski definition) is 3. The van der Waals surface area contributed by atoms with Crippen molar-refractivity contribution in [2.45, 2.75) is 19.4 Å². The molecule has 25 heavy (non-hydrogen) atoms. The maximum atomic E-state index is 11.7. The number of carbonyl (C=O) groups is 1. The van der Waals surface area contributed by atoms with E-state index in [1.807, 2.05) is 54.6 Å². The molecule has 0 atom stereocenters. The summed E-state index contributed by atoms with van der Waals surface area (Å²) in [7, 11) is 0. The normalized spacial score (nSPS) is 13.3. The van der Waals surface area contributed by atoms with Crippen molar-refractivity contribution in [1.29, 1.82) is 0 Å². The van der Waals surface area contributed by atoms with Crippen LogP contribution < -0.4 is 15.4 Å². The first kappa shape index (κ1) is 17.3. The molecule has 0 bridgehead atoms. The fraction of sp³-hybridized carbons (Fsp3) is 0.350. The van der Waals surface area contributed by atoms with Crippen molar-refractivity contribution in [3.8, 4) is 11.5 Å². The van der Waals surface area contributed by atoms with Crippen molar-refractivity contribution in [2.75, 3.05) is 19.8 Å². The van der Waals surface area contributed by atoms with E-state index in [9.17, 15) is 4.79 Å². The molecule has 1 aliphatic carbocycles. The molecule has 3 rings (SSSR count). The van der Waals surface area contributed by atoms with Gasteiger partial charge in [0.05, 0.1) is 6.61 Å². The van der Waals surface area contributed by atoms with Crippen LogP contribution in [0, 0.1) is 5.92 Å². The summed E-state index contributed by atoms with van der Waals surface area (Å²) in [6.07, 6.45) is 2.56. The highest BCUT2D eigenvalue weighted by molar-refractivity contribution is 5.73. The fourth-order valence-electron chi connectivity index (χ4n) is 2.32. The minimum absolute atomic E-state index is 0.181. The molecule has 2 N–H and O–H groups in total. The number of nitrogens with one attached hydrogen (secondary N) is 2. The highest BCUT2D eigenvalue weighted by Crippen LogP contribution is 2.28. The Morgan fingerprint density at radius 1 is 0.960 bits per heavy atom. The van der Waals surface area contributed by atoms with Gasteiger partial charge in [0, 0.05) is 19.7 Å². The average molecular weight is 340 g/mol. The number of amides is 2. The molecular formula is C20H24N2O3. The summed E-state index contributed by atoms with van der Waals surface area (Å²) >= 11 is 0. The number of ether oxygens (including phenoxy) is 2. The molecule has 132 valence electrons. The van der Waals surface area contributed by atoms with Crippen LogP contribution in [0.3, 0.4) is 0 Å². The first-order valence-electron chi connectivity index (χ1n) is 8.71. The standard InChI is InChI=1S/C20H24N2O3/c23-20(21-12-13-24-15-17-6-7-17)22-14-16-8-10-19(11-9-16)25-18-4-2-1-3-5-18/h1-5,8-11,17H,6-7,12-15H2,(H2,21,22,23). The van der Waals surface area contributed by atoms with Crippen LogP contribution in [-0.4, -0.2) is 25.8 Å². The average Bonchev–Trinajstić information content (AvgIpc) is 3.46. The Morgan fingerprint density at radius 3 is 2.40 bits per heavy atom. The van der Waals surface area contributed by atoms with Gasteiger partial charge in [0.2, 0.25) is 0 Å². The second kappa shape index (κ2) is 9.08. The fourth-order valence-corrected chi connectivity index (χ4v) is 2.32. The largest absolute Gasteiger partial charge is 0.457 e. The first-order chi connectivity index (χ1) is 12.3. The Hall–Kier alpha value is -2.53. The summed E-state index contributed by atoms with van der Waals surface area (Å²) in [6.45, 7) is 2.39. The number of hydrogen-bond donors (Lipinski definition) is 2. The van der Waals surface area contributed by atoms with Crippen molar-refractivity contribution >= 4 is 6.03 Å². The Balaban J connectivity index is 1.32. The number of urea groups is 1. The summed E-state index contributed by atoms with van der Waals surface area (Å²) in [5, 5.41) is 5.63. The molecule has 0 radical (unpaired) electrons. The maximum absolute atomic E-state index is 11.7. The van der Waals surface area contributed by atoms with Gasteiger partial charge in [-0.15, -0.1) is 0 Å². The van der Waals surface area contributed by atoms with E-state index in [2.05, 4.69) is 10.6 Å². The zero-order valence-electron chi connectivity index (χ0n) is 14.2. The van der Waals surface area contributed by atoms with Gasteiger partial charge in [0.1, 0.15) is 11.5 Å². The van der Waals surface area contributed by atoms with Crippen LogP contribution in [0.1, 0.15) is 18.4 Å². The third-order valence-corrected chi connectivity index (χ3v) is 3.94. The first-order valence-corrected chi connectivity index (χ1v) is 8.71. The van der Waals surface area contributed by atoms with Gasteiger partial charge < -0.3 is 20.1 Å². The Morgan fingerprint density at radius 2 is 1.68 bits per heavy atom. The molecule has 0 spiro atoms. The molecule has 2 aromatic carbocycles. The summed E-state index contributed by atoms with van der Waals surface area (Å²) in [5.41, 5.74) is 1.01. The molecule has 0 aliphatic heterocycles. The van der Waals surface area contributed by atoms with Gasteiger partial charge in [-0.2, -0.15) is 0 Å². The molecular weight excluding hydrogens is 316 g/mol. The Bertz CT molecular complexity index is 654. The monoisotopic (exact) mass is 340 g/mol. The summed E-state index contributed by atoms with van der Waals surface area (Å²) in [6, 6.07) is 17.1. The van der Waals surface area contributed by atoms with Crippen LogP contribution in [-0.2, 0) is 11.3 Å². The minimum Gasteiger partial charge on any atom is -0.457 e. The molecule has 2 aromatic rings. The molecule has 5 nitrogen and oxygen atoms in total. The van der Waals surface area contributed by atoms with Crippen molar-refractivity contribution in [1.82, 2.24) is 10.6 Å². The van der Waals surface area contributed by atoms with E-state index in [1.165, 1.54) is 12.8 Å². The number of benzene rings is 2. The molecule has 1 aliphatic rings. The van der Waals surface area contributed by atoms with E-state index in [4.69, 9.17) is 9.47 Å². The van der Waals surface area contributed by atoms with E-state index in [1.54, 1.807) is 0 Å².